The van der Waals surface area contributed by atoms with Crippen molar-refractivity contribution in [1.29, 1.82) is 0 Å². The fourth-order valence-electron chi connectivity index (χ4n) is 4.66. The second kappa shape index (κ2) is 10.5. The first-order chi connectivity index (χ1) is 19.8. The molecule has 0 aliphatic carbocycles. The van der Waals surface area contributed by atoms with E-state index >= 15 is 0 Å². The predicted molar refractivity (Wildman–Crippen MR) is 157 cm³/mol. The molecule has 0 fully saturated rings. The minimum Gasteiger partial charge on any atom is -0.454 e. The van der Waals surface area contributed by atoms with Crippen molar-refractivity contribution in [2.24, 2.45) is 7.05 Å². The molecule has 206 valence electrons. The molecule has 0 saturated heterocycles. The first-order valence-corrected chi connectivity index (χ1v) is 14.0. The molecule has 3 aromatic carbocycles. The highest BCUT2D eigenvalue weighted by Crippen LogP contribution is 2.41. The first kappa shape index (κ1) is 26.3. The van der Waals surface area contributed by atoms with Gasteiger partial charge >= 0.3 is 0 Å². The SMILES string of the molecule is CC(=O)NCc1nc2c(Oc3ccccc3)c(-c3cn(C)c(=O)c4c3ccn4S(=O)c3ccc(C)cc3)ccc2o1. The molecule has 1 atom stereocenters. The molecular weight excluding hydrogens is 540 g/mol. The van der Waals surface area contributed by atoms with Crippen molar-refractivity contribution in [3.05, 3.63) is 107 Å². The molecule has 0 aliphatic rings. The van der Waals surface area contributed by atoms with Crippen LogP contribution in [0.5, 0.6) is 11.5 Å². The summed E-state index contributed by atoms with van der Waals surface area (Å²) < 4.78 is 28.9. The van der Waals surface area contributed by atoms with Gasteiger partial charge in [0, 0.05) is 42.9 Å². The summed E-state index contributed by atoms with van der Waals surface area (Å²) in [6.45, 7) is 3.51. The van der Waals surface area contributed by atoms with E-state index in [0.717, 1.165) is 5.56 Å². The molecule has 3 heterocycles. The summed E-state index contributed by atoms with van der Waals surface area (Å²) in [6, 6.07) is 22.1. The molecule has 0 aliphatic heterocycles. The van der Waals surface area contributed by atoms with E-state index in [2.05, 4.69) is 10.3 Å². The molecule has 0 radical (unpaired) electrons. The average molecular weight is 567 g/mol. The van der Waals surface area contributed by atoms with Crippen LogP contribution in [0.25, 0.3) is 33.1 Å². The van der Waals surface area contributed by atoms with Crippen molar-refractivity contribution in [3.8, 4) is 22.6 Å². The number of fused-ring (bicyclic) bond motifs is 2. The van der Waals surface area contributed by atoms with Crippen molar-refractivity contribution in [3.63, 3.8) is 0 Å². The molecule has 1 N–H and O–H groups in total. The van der Waals surface area contributed by atoms with E-state index in [1.54, 1.807) is 43.7 Å². The van der Waals surface area contributed by atoms with Crippen molar-refractivity contribution < 1.29 is 18.2 Å². The van der Waals surface area contributed by atoms with Crippen LogP contribution in [0.4, 0.5) is 0 Å². The minimum atomic E-state index is -1.63. The molecular formula is C31H26N4O5S. The van der Waals surface area contributed by atoms with Crippen LogP contribution in [0.15, 0.2) is 99.3 Å². The monoisotopic (exact) mass is 566 g/mol. The lowest BCUT2D eigenvalue weighted by Crippen LogP contribution is -2.20. The normalized spacial score (nSPS) is 12.1. The summed E-state index contributed by atoms with van der Waals surface area (Å²) in [7, 11) is 0.0284. The molecule has 6 aromatic rings. The number of amides is 1. The number of hydrogen-bond donors (Lipinski definition) is 1. The third-order valence-electron chi connectivity index (χ3n) is 6.69. The molecule has 3 aromatic heterocycles. The summed E-state index contributed by atoms with van der Waals surface area (Å²) in [5, 5.41) is 3.32. The third kappa shape index (κ3) is 4.93. The lowest BCUT2D eigenvalue weighted by molar-refractivity contribution is -0.119. The van der Waals surface area contributed by atoms with Gasteiger partial charge in [-0.3, -0.25) is 13.6 Å². The minimum absolute atomic E-state index is 0.127. The first-order valence-electron chi connectivity index (χ1n) is 12.9. The Balaban J connectivity index is 1.56. The molecule has 1 unspecified atom stereocenters. The number of carbonyl (C=O) groups excluding carboxylic acids is 1. The van der Waals surface area contributed by atoms with Crippen LogP contribution in [0, 0.1) is 6.92 Å². The number of ether oxygens (including phenoxy) is 1. The molecule has 41 heavy (non-hydrogen) atoms. The second-order valence-corrected chi connectivity index (χ2v) is 11.0. The lowest BCUT2D eigenvalue weighted by Gasteiger charge is -2.14. The van der Waals surface area contributed by atoms with E-state index in [-0.39, 0.29) is 18.0 Å². The van der Waals surface area contributed by atoms with E-state index in [1.807, 2.05) is 55.5 Å². The number of para-hydroxylation sites is 1. The maximum absolute atomic E-state index is 13.6. The summed E-state index contributed by atoms with van der Waals surface area (Å²) >= 11 is 0. The Bertz CT molecular complexity index is 2010. The Morgan fingerprint density at radius 2 is 1.78 bits per heavy atom. The quantitative estimate of drug-likeness (QED) is 0.275. The highest BCUT2D eigenvalue weighted by Gasteiger charge is 2.23. The van der Waals surface area contributed by atoms with E-state index < -0.39 is 11.0 Å². The number of aromatic nitrogens is 3. The van der Waals surface area contributed by atoms with E-state index in [1.165, 1.54) is 15.5 Å². The number of oxazole rings is 1. The van der Waals surface area contributed by atoms with Crippen molar-refractivity contribution in [1.82, 2.24) is 18.8 Å². The van der Waals surface area contributed by atoms with Gasteiger partial charge in [-0.25, -0.2) is 9.19 Å². The zero-order valence-corrected chi connectivity index (χ0v) is 23.4. The number of rotatable bonds is 7. The third-order valence-corrected chi connectivity index (χ3v) is 8.03. The number of aryl methyl sites for hydroxylation is 2. The van der Waals surface area contributed by atoms with Gasteiger partial charge in [0.25, 0.3) is 5.56 Å². The van der Waals surface area contributed by atoms with Crippen LogP contribution in [-0.4, -0.2) is 23.6 Å². The van der Waals surface area contributed by atoms with Gasteiger partial charge in [-0.2, -0.15) is 0 Å². The Kier molecular flexibility index (Phi) is 6.76. The van der Waals surface area contributed by atoms with Crippen LogP contribution >= 0.6 is 0 Å². The van der Waals surface area contributed by atoms with Crippen LogP contribution in [-0.2, 0) is 29.4 Å². The molecule has 1 amide bonds. The van der Waals surface area contributed by atoms with Crippen LogP contribution in [0.2, 0.25) is 0 Å². The second-order valence-electron chi connectivity index (χ2n) is 9.65. The standard InChI is InChI=1S/C31H26N4O5S/c1-19-9-11-22(12-10-19)41(38)35-16-15-23-25(18-34(3)31(37)29(23)35)24-13-14-26-28(33-27(40-26)17-32-20(2)36)30(24)39-21-7-5-4-6-8-21/h4-16,18H,17H2,1-3H3,(H,32,36). The van der Waals surface area contributed by atoms with Crippen molar-refractivity contribution in [2.75, 3.05) is 0 Å². The number of pyridine rings is 1. The van der Waals surface area contributed by atoms with Gasteiger partial charge in [0.15, 0.2) is 27.8 Å². The number of benzene rings is 3. The topological polar surface area (TPSA) is 108 Å². The molecule has 0 saturated carbocycles. The lowest BCUT2D eigenvalue weighted by atomic mass is 10.0. The molecule has 0 spiro atoms. The molecule has 6 rings (SSSR count). The number of carbonyl (C=O) groups is 1. The van der Waals surface area contributed by atoms with Gasteiger partial charge in [-0.1, -0.05) is 35.9 Å². The number of hydrogen-bond acceptors (Lipinski definition) is 6. The summed E-state index contributed by atoms with van der Waals surface area (Å²) in [5.41, 5.74) is 3.40. The van der Waals surface area contributed by atoms with Gasteiger partial charge in [-0.15, -0.1) is 0 Å². The van der Waals surface area contributed by atoms with Crippen molar-refractivity contribution >= 4 is 38.9 Å². The maximum atomic E-state index is 13.6. The number of nitrogens with one attached hydrogen (secondary N) is 1. The van der Waals surface area contributed by atoms with Gasteiger partial charge < -0.3 is 19.0 Å². The Hall–Kier alpha value is -4.96. The van der Waals surface area contributed by atoms with Gasteiger partial charge in [0.1, 0.15) is 11.3 Å². The zero-order chi connectivity index (χ0) is 28.7. The Morgan fingerprint density at radius 3 is 2.51 bits per heavy atom. The maximum Gasteiger partial charge on any atom is 0.275 e. The average Bonchev–Trinajstić information content (AvgIpc) is 3.60. The highest BCUT2D eigenvalue weighted by atomic mass is 32.2. The smallest absolute Gasteiger partial charge is 0.275 e. The van der Waals surface area contributed by atoms with Crippen LogP contribution in [0.1, 0.15) is 18.4 Å². The largest absolute Gasteiger partial charge is 0.454 e. The van der Waals surface area contributed by atoms with E-state index in [9.17, 15) is 13.8 Å². The van der Waals surface area contributed by atoms with E-state index in [4.69, 9.17) is 9.15 Å². The van der Waals surface area contributed by atoms with Crippen molar-refractivity contribution in [2.45, 2.75) is 25.3 Å². The summed E-state index contributed by atoms with van der Waals surface area (Å²) in [5.74, 6) is 1.15. The summed E-state index contributed by atoms with van der Waals surface area (Å²) in [4.78, 5) is 30.1. The Morgan fingerprint density at radius 1 is 1.02 bits per heavy atom. The van der Waals surface area contributed by atoms with Gasteiger partial charge in [0.2, 0.25) is 11.8 Å². The van der Waals surface area contributed by atoms with Crippen LogP contribution < -0.4 is 15.6 Å². The fraction of sp³-hybridized carbons (Fsp3) is 0.129. The van der Waals surface area contributed by atoms with E-state index in [0.29, 0.717) is 55.4 Å². The molecule has 10 heteroatoms. The van der Waals surface area contributed by atoms with Crippen LogP contribution in [0.3, 0.4) is 0 Å². The predicted octanol–water partition coefficient (Wildman–Crippen LogP) is 5.46. The van der Waals surface area contributed by atoms with Gasteiger partial charge in [0.05, 0.1) is 11.4 Å². The van der Waals surface area contributed by atoms with Gasteiger partial charge in [-0.05, 0) is 49.4 Å². The Labute approximate surface area is 237 Å². The fourth-order valence-corrected chi connectivity index (χ4v) is 5.77. The zero-order valence-electron chi connectivity index (χ0n) is 22.6. The molecule has 0 bridgehead atoms. The molecule has 9 nitrogen and oxygen atoms in total. The summed E-state index contributed by atoms with van der Waals surface area (Å²) in [6.07, 6.45) is 3.41. The number of nitrogens with zero attached hydrogens (tertiary/aromatic N) is 3. The highest BCUT2D eigenvalue weighted by molar-refractivity contribution is 7.83.